The number of nitrogens with two attached hydrogens (primary N) is 1. The van der Waals surface area contributed by atoms with Crippen molar-refractivity contribution in [3.8, 4) is 0 Å². The first-order valence-electron chi connectivity index (χ1n) is 8.11. The Labute approximate surface area is 140 Å². The van der Waals surface area contributed by atoms with Gasteiger partial charge in [-0.1, -0.05) is 49.1 Å². The molecular weight excluding hydrogens is 296 g/mol. The second-order valence-electron chi connectivity index (χ2n) is 6.67. The number of hydrogen-bond acceptors (Lipinski definition) is 2. The summed E-state index contributed by atoms with van der Waals surface area (Å²) in [5, 5.41) is 3.12. The minimum atomic E-state index is -0.0775. The van der Waals surface area contributed by atoms with E-state index < -0.39 is 0 Å². The molecule has 0 bridgehead atoms. The maximum atomic E-state index is 11.9. The van der Waals surface area contributed by atoms with Gasteiger partial charge in [0.05, 0.1) is 0 Å². The van der Waals surface area contributed by atoms with Crippen molar-refractivity contribution in [1.29, 1.82) is 0 Å². The quantitative estimate of drug-likeness (QED) is 0.871. The Hall–Kier alpha value is -1.06. The Bertz CT molecular complexity index is 482. The highest BCUT2D eigenvalue weighted by Gasteiger charge is 2.34. The zero-order valence-electron chi connectivity index (χ0n) is 13.7. The van der Waals surface area contributed by atoms with Crippen LogP contribution in [-0.4, -0.2) is 18.5 Å². The van der Waals surface area contributed by atoms with Crippen LogP contribution >= 0.6 is 12.4 Å². The maximum Gasteiger partial charge on any atom is 0.221 e. The van der Waals surface area contributed by atoms with Crippen LogP contribution in [0, 0.1) is 6.92 Å². The fourth-order valence-corrected chi connectivity index (χ4v) is 3.40. The van der Waals surface area contributed by atoms with Gasteiger partial charge in [0.25, 0.3) is 0 Å². The molecule has 0 aromatic heterocycles. The van der Waals surface area contributed by atoms with Gasteiger partial charge in [0.15, 0.2) is 0 Å². The van der Waals surface area contributed by atoms with E-state index in [4.69, 9.17) is 5.73 Å². The van der Waals surface area contributed by atoms with Crippen LogP contribution in [-0.2, 0) is 10.2 Å². The predicted molar refractivity (Wildman–Crippen MR) is 94.5 cm³/mol. The Balaban J connectivity index is 0.00000242. The van der Waals surface area contributed by atoms with E-state index in [0.29, 0.717) is 6.42 Å². The molecule has 3 N–H and O–H groups in total. The number of rotatable bonds is 5. The first kappa shape index (κ1) is 19.0. The summed E-state index contributed by atoms with van der Waals surface area (Å²) in [6.45, 7) is 4.74. The van der Waals surface area contributed by atoms with E-state index in [1.807, 2.05) is 6.92 Å². The van der Waals surface area contributed by atoms with Crippen LogP contribution in [0.25, 0.3) is 0 Å². The Morgan fingerprint density at radius 1 is 1.32 bits per heavy atom. The molecule has 1 aliphatic rings. The number of aryl methyl sites for hydroxylation is 1. The molecule has 1 fully saturated rings. The Morgan fingerprint density at radius 3 is 2.59 bits per heavy atom. The van der Waals surface area contributed by atoms with Crippen LogP contribution < -0.4 is 11.1 Å². The van der Waals surface area contributed by atoms with E-state index in [0.717, 1.165) is 19.4 Å². The van der Waals surface area contributed by atoms with Gasteiger partial charge in [-0.25, -0.2) is 0 Å². The lowest BCUT2D eigenvalue weighted by Crippen LogP contribution is -2.43. The van der Waals surface area contributed by atoms with Crippen molar-refractivity contribution in [3.63, 3.8) is 0 Å². The summed E-state index contributed by atoms with van der Waals surface area (Å²) in [5.74, 6) is 0.0719. The molecule has 1 atom stereocenters. The molecule has 1 unspecified atom stereocenters. The fourth-order valence-electron chi connectivity index (χ4n) is 3.40. The third kappa shape index (κ3) is 4.99. The maximum absolute atomic E-state index is 11.9. The molecule has 124 valence electrons. The lowest BCUT2D eigenvalue weighted by atomic mass is 9.69. The zero-order chi connectivity index (χ0) is 15.3. The van der Waals surface area contributed by atoms with E-state index in [1.165, 1.54) is 30.4 Å². The number of hydrogen-bond donors (Lipinski definition) is 2. The topological polar surface area (TPSA) is 55.1 Å². The molecule has 1 aromatic rings. The van der Waals surface area contributed by atoms with Crippen molar-refractivity contribution in [2.75, 3.05) is 6.54 Å². The summed E-state index contributed by atoms with van der Waals surface area (Å²) < 4.78 is 0. The average Bonchev–Trinajstić information content (AvgIpc) is 2.45. The van der Waals surface area contributed by atoms with Gasteiger partial charge >= 0.3 is 0 Å². The Morgan fingerprint density at radius 2 is 2.00 bits per heavy atom. The van der Waals surface area contributed by atoms with E-state index in [1.54, 1.807) is 0 Å². The van der Waals surface area contributed by atoms with Crippen molar-refractivity contribution in [2.45, 2.75) is 63.8 Å². The molecule has 4 heteroatoms. The highest BCUT2D eigenvalue weighted by Crippen LogP contribution is 2.39. The van der Waals surface area contributed by atoms with Gasteiger partial charge in [0, 0.05) is 24.4 Å². The van der Waals surface area contributed by atoms with Crippen molar-refractivity contribution in [2.24, 2.45) is 5.73 Å². The minimum absolute atomic E-state index is 0. The summed E-state index contributed by atoms with van der Waals surface area (Å²) in [6.07, 6.45) is 6.53. The van der Waals surface area contributed by atoms with E-state index in [-0.39, 0.29) is 29.8 Å². The van der Waals surface area contributed by atoms with Gasteiger partial charge in [0.1, 0.15) is 0 Å². The van der Waals surface area contributed by atoms with Crippen LogP contribution in [0.4, 0.5) is 0 Å². The minimum Gasteiger partial charge on any atom is -0.355 e. The molecular formula is C18H29ClN2O. The second kappa shape index (κ2) is 8.54. The normalized spacial score (nSPS) is 18.1. The predicted octanol–water partition coefficient (Wildman–Crippen LogP) is 3.47. The lowest BCUT2D eigenvalue weighted by molar-refractivity contribution is -0.121. The van der Waals surface area contributed by atoms with Crippen molar-refractivity contribution >= 4 is 18.3 Å². The van der Waals surface area contributed by atoms with Crippen molar-refractivity contribution in [1.82, 2.24) is 5.32 Å². The zero-order valence-corrected chi connectivity index (χ0v) is 14.5. The molecule has 1 saturated carbocycles. The molecule has 22 heavy (non-hydrogen) atoms. The van der Waals surface area contributed by atoms with Gasteiger partial charge in [-0.05, 0) is 32.3 Å². The number of carbonyl (C=O) groups excluding carboxylic acids is 1. The number of halogens is 1. The van der Waals surface area contributed by atoms with E-state index in [9.17, 15) is 4.79 Å². The third-order valence-electron chi connectivity index (χ3n) is 4.57. The molecule has 1 amide bonds. The SMILES string of the molecule is Cc1cccc(C2(CNC(=O)CC(C)N)CCCCC2)c1.Cl. The number of amides is 1. The van der Waals surface area contributed by atoms with Crippen LogP contribution in [0.2, 0.25) is 0 Å². The molecule has 3 nitrogen and oxygen atoms in total. The van der Waals surface area contributed by atoms with Crippen LogP contribution in [0.5, 0.6) is 0 Å². The third-order valence-corrected chi connectivity index (χ3v) is 4.57. The first-order chi connectivity index (χ1) is 10.0. The molecule has 0 heterocycles. The Kier molecular flexibility index (Phi) is 7.37. The van der Waals surface area contributed by atoms with Crippen LogP contribution in [0.15, 0.2) is 24.3 Å². The lowest BCUT2D eigenvalue weighted by Gasteiger charge is -2.38. The summed E-state index contributed by atoms with van der Waals surface area (Å²) >= 11 is 0. The fraction of sp³-hybridized carbons (Fsp3) is 0.611. The van der Waals surface area contributed by atoms with Gasteiger partial charge in [0.2, 0.25) is 5.91 Å². The molecule has 1 aromatic carbocycles. The summed E-state index contributed by atoms with van der Waals surface area (Å²) in [6, 6.07) is 8.68. The number of carbonyl (C=O) groups is 1. The van der Waals surface area contributed by atoms with Gasteiger partial charge in [-0.2, -0.15) is 0 Å². The van der Waals surface area contributed by atoms with Crippen molar-refractivity contribution in [3.05, 3.63) is 35.4 Å². The van der Waals surface area contributed by atoms with Gasteiger partial charge in [-0.15, -0.1) is 12.4 Å². The molecule has 0 saturated heterocycles. The summed E-state index contributed by atoms with van der Waals surface area (Å²) in [7, 11) is 0. The van der Waals surface area contributed by atoms with Gasteiger partial charge in [-0.3, -0.25) is 4.79 Å². The van der Waals surface area contributed by atoms with E-state index >= 15 is 0 Å². The highest BCUT2D eigenvalue weighted by atomic mass is 35.5. The van der Waals surface area contributed by atoms with E-state index in [2.05, 4.69) is 36.5 Å². The van der Waals surface area contributed by atoms with Crippen LogP contribution in [0.1, 0.15) is 56.6 Å². The standard InChI is InChI=1S/C18H28N2O.ClH/c1-14-7-6-8-16(11-14)18(9-4-3-5-10-18)13-20-17(21)12-15(2)19;/h6-8,11,15H,3-5,9-10,12-13,19H2,1-2H3,(H,20,21);1H. The molecule has 2 rings (SSSR count). The molecule has 0 aliphatic heterocycles. The molecule has 1 aliphatic carbocycles. The first-order valence-corrected chi connectivity index (χ1v) is 8.11. The number of nitrogens with one attached hydrogen (secondary N) is 1. The van der Waals surface area contributed by atoms with Crippen molar-refractivity contribution < 1.29 is 4.79 Å². The van der Waals surface area contributed by atoms with Crippen LogP contribution in [0.3, 0.4) is 0 Å². The van der Waals surface area contributed by atoms with Gasteiger partial charge < -0.3 is 11.1 Å². The monoisotopic (exact) mass is 324 g/mol. The molecule has 0 radical (unpaired) electrons. The summed E-state index contributed by atoms with van der Waals surface area (Å²) in [5.41, 5.74) is 8.48. The average molecular weight is 325 g/mol. The highest BCUT2D eigenvalue weighted by molar-refractivity contribution is 5.85. The largest absolute Gasteiger partial charge is 0.355 e. The summed E-state index contributed by atoms with van der Waals surface area (Å²) in [4.78, 5) is 11.9. The smallest absolute Gasteiger partial charge is 0.221 e. The molecule has 0 spiro atoms. The second-order valence-corrected chi connectivity index (χ2v) is 6.67. The number of benzene rings is 1.